The van der Waals surface area contributed by atoms with E-state index < -0.39 is 0 Å². The largest absolute Gasteiger partial charge is 0.409 e. The molecule has 0 unspecified atom stereocenters. The zero-order valence-electron chi connectivity index (χ0n) is 8.84. The summed E-state index contributed by atoms with van der Waals surface area (Å²) < 4.78 is 5.13. The molecule has 6 nitrogen and oxygen atoms in total. The Balaban J connectivity index is 2.18. The van der Waals surface area contributed by atoms with E-state index in [1.165, 1.54) is 11.3 Å². The van der Waals surface area contributed by atoms with Crippen molar-refractivity contribution in [2.75, 3.05) is 0 Å². The predicted octanol–water partition coefficient (Wildman–Crippen LogP) is 2.21. The van der Waals surface area contributed by atoms with Gasteiger partial charge in [0.2, 0.25) is 0 Å². The molecule has 0 aliphatic rings. The average molecular weight is 278 g/mol. The summed E-state index contributed by atoms with van der Waals surface area (Å²) in [4.78, 5) is 12.8. The molecule has 0 aliphatic heterocycles. The Kier molecular flexibility index (Phi) is 2.65. The molecule has 90 valence electrons. The fourth-order valence-corrected chi connectivity index (χ4v) is 2.27. The van der Waals surface area contributed by atoms with E-state index >= 15 is 0 Å². The van der Waals surface area contributed by atoms with Crippen LogP contribution in [0.3, 0.4) is 0 Å². The molecule has 0 saturated heterocycles. The van der Waals surface area contributed by atoms with Crippen molar-refractivity contribution in [2.45, 2.75) is 0 Å². The summed E-state index contributed by atoms with van der Waals surface area (Å²) in [6, 6.07) is 5.45. The van der Waals surface area contributed by atoms with Gasteiger partial charge in [-0.3, -0.25) is 4.79 Å². The lowest BCUT2D eigenvalue weighted by atomic mass is 10.2. The monoisotopic (exact) mass is 278 g/mol. The second-order valence-electron chi connectivity index (χ2n) is 3.39. The molecular formula is C10H6N4O2S2. The molecule has 0 aliphatic carbocycles. The van der Waals surface area contributed by atoms with Crippen LogP contribution in [0.5, 0.6) is 0 Å². The molecular weight excluding hydrogens is 272 g/mol. The van der Waals surface area contributed by atoms with Crippen molar-refractivity contribution in [2.24, 2.45) is 0 Å². The Hall–Kier alpha value is -2.06. The molecule has 3 aromatic heterocycles. The smallest absolute Gasteiger partial charge is 0.284 e. The van der Waals surface area contributed by atoms with Gasteiger partial charge in [-0.25, -0.2) is 10.2 Å². The minimum Gasteiger partial charge on any atom is -0.409 e. The molecule has 0 radical (unpaired) electrons. The fourth-order valence-electron chi connectivity index (χ4n) is 1.46. The molecule has 18 heavy (non-hydrogen) atoms. The number of nitrogens with one attached hydrogen (secondary N) is 2. The molecule has 8 heteroatoms. The van der Waals surface area contributed by atoms with E-state index in [0.717, 1.165) is 4.88 Å². The third kappa shape index (κ3) is 1.91. The summed E-state index contributed by atoms with van der Waals surface area (Å²) >= 11 is 6.31. The fraction of sp³-hybridized carbons (Fsp3) is 0. The first-order chi connectivity index (χ1) is 8.74. The summed E-state index contributed by atoms with van der Waals surface area (Å²) in [6.07, 6.45) is 0. The van der Waals surface area contributed by atoms with Crippen LogP contribution in [0.2, 0.25) is 0 Å². The zero-order chi connectivity index (χ0) is 12.5. The van der Waals surface area contributed by atoms with E-state index in [9.17, 15) is 4.79 Å². The Morgan fingerprint density at radius 1 is 1.33 bits per heavy atom. The van der Waals surface area contributed by atoms with Gasteiger partial charge in [-0.1, -0.05) is 6.07 Å². The van der Waals surface area contributed by atoms with Crippen molar-refractivity contribution < 1.29 is 4.42 Å². The van der Waals surface area contributed by atoms with E-state index in [1.807, 2.05) is 17.5 Å². The minimum atomic E-state index is -0.374. The Labute approximate surface area is 109 Å². The van der Waals surface area contributed by atoms with Gasteiger partial charge in [0, 0.05) is 0 Å². The number of aromatic nitrogens is 4. The van der Waals surface area contributed by atoms with Crippen LogP contribution < -0.4 is 5.56 Å². The van der Waals surface area contributed by atoms with Gasteiger partial charge in [-0.2, -0.15) is 5.10 Å². The van der Waals surface area contributed by atoms with Crippen LogP contribution in [-0.4, -0.2) is 20.4 Å². The number of H-pyrrole nitrogens is 2. The van der Waals surface area contributed by atoms with Gasteiger partial charge >= 0.3 is 0 Å². The number of rotatable bonds is 2. The molecule has 3 rings (SSSR count). The number of aromatic amines is 2. The molecule has 2 N–H and O–H groups in total. The van der Waals surface area contributed by atoms with Gasteiger partial charge in [0.1, 0.15) is 11.3 Å². The molecule has 0 bridgehead atoms. The van der Waals surface area contributed by atoms with Crippen LogP contribution in [0.1, 0.15) is 0 Å². The summed E-state index contributed by atoms with van der Waals surface area (Å²) in [5.41, 5.74) is 0.574. The number of hydrogen-bond acceptors (Lipinski definition) is 6. The first-order valence-corrected chi connectivity index (χ1v) is 6.22. The van der Waals surface area contributed by atoms with Gasteiger partial charge in [0.15, 0.2) is 0 Å². The molecule has 0 spiro atoms. The SMILES string of the molecule is O=c1[nH]nc(-c2cccs2)cc1-c1n[nH]c(=S)o1. The molecule has 0 aromatic carbocycles. The molecule has 3 aromatic rings. The summed E-state index contributed by atoms with van der Waals surface area (Å²) in [5, 5.41) is 14.6. The van der Waals surface area contributed by atoms with Crippen molar-refractivity contribution in [1.82, 2.24) is 20.4 Å². The van der Waals surface area contributed by atoms with E-state index in [4.69, 9.17) is 16.6 Å². The van der Waals surface area contributed by atoms with Gasteiger partial charge in [0.05, 0.1) is 4.88 Å². The Morgan fingerprint density at radius 2 is 2.22 bits per heavy atom. The Bertz CT molecular complexity index is 785. The van der Waals surface area contributed by atoms with E-state index in [1.54, 1.807) is 6.07 Å². The second-order valence-corrected chi connectivity index (χ2v) is 4.71. The van der Waals surface area contributed by atoms with Crippen LogP contribution in [0.25, 0.3) is 22.0 Å². The second kappa shape index (κ2) is 4.31. The van der Waals surface area contributed by atoms with Crippen molar-refractivity contribution in [3.05, 3.63) is 38.8 Å². The molecule has 0 saturated carbocycles. The van der Waals surface area contributed by atoms with Crippen molar-refractivity contribution in [3.63, 3.8) is 0 Å². The highest BCUT2D eigenvalue weighted by molar-refractivity contribution is 7.71. The molecule has 3 heterocycles. The number of hydrogen-bond donors (Lipinski definition) is 2. The zero-order valence-corrected chi connectivity index (χ0v) is 10.5. The number of nitrogens with zero attached hydrogens (tertiary/aromatic N) is 2. The van der Waals surface area contributed by atoms with Crippen LogP contribution in [-0.2, 0) is 0 Å². The van der Waals surface area contributed by atoms with E-state index in [-0.39, 0.29) is 16.3 Å². The van der Waals surface area contributed by atoms with E-state index in [2.05, 4.69) is 20.4 Å². The predicted molar refractivity (Wildman–Crippen MR) is 68.9 cm³/mol. The first kappa shape index (κ1) is 11.1. The van der Waals surface area contributed by atoms with Gasteiger partial charge in [-0.15, -0.1) is 16.4 Å². The maximum absolute atomic E-state index is 11.7. The highest BCUT2D eigenvalue weighted by atomic mass is 32.1. The number of thiophene rings is 1. The van der Waals surface area contributed by atoms with Crippen LogP contribution in [0, 0.1) is 4.84 Å². The van der Waals surface area contributed by atoms with Crippen molar-refractivity contribution in [3.8, 4) is 22.0 Å². The van der Waals surface area contributed by atoms with Crippen molar-refractivity contribution in [1.29, 1.82) is 0 Å². The topological polar surface area (TPSA) is 87.6 Å². The molecule has 0 fully saturated rings. The standard InChI is InChI=1S/C10H6N4O2S2/c15-8-5(9-13-14-10(17)16-9)4-6(11-12-8)7-2-1-3-18-7/h1-4H,(H,12,15)(H,14,17). The molecule has 0 amide bonds. The van der Waals surface area contributed by atoms with Gasteiger partial charge in [-0.05, 0) is 29.7 Å². The van der Waals surface area contributed by atoms with Crippen molar-refractivity contribution >= 4 is 23.6 Å². The maximum atomic E-state index is 11.7. The van der Waals surface area contributed by atoms with Gasteiger partial charge < -0.3 is 4.42 Å². The highest BCUT2D eigenvalue weighted by Crippen LogP contribution is 2.24. The third-order valence-electron chi connectivity index (χ3n) is 2.25. The normalized spacial score (nSPS) is 10.7. The first-order valence-electron chi connectivity index (χ1n) is 4.93. The minimum absolute atomic E-state index is 0.124. The highest BCUT2D eigenvalue weighted by Gasteiger charge is 2.12. The Morgan fingerprint density at radius 3 is 2.89 bits per heavy atom. The summed E-state index contributed by atoms with van der Waals surface area (Å²) in [6.45, 7) is 0. The lowest BCUT2D eigenvalue weighted by Gasteiger charge is -1.97. The maximum Gasteiger partial charge on any atom is 0.284 e. The molecule has 0 atom stereocenters. The average Bonchev–Trinajstić information content (AvgIpc) is 3.01. The van der Waals surface area contributed by atoms with Crippen LogP contribution in [0.4, 0.5) is 0 Å². The summed E-state index contributed by atoms with van der Waals surface area (Å²) in [7, 11) is 0. The van der Waals surface area contributed by atoms with Gasteiger partial charge in [0.25, 0.3) is 16.3 Å². The lowest BCUT2D eigenvalue weighted by Crippen LogP contribution is -2.11. The van der Waals surface area contributed by atoms with Crippen LogP contribution in [0.15, 0.2) is 32.8 Å². The lowest BCUT2D eigenvalue weighted by molar-refractivity contribution is 0.551. The quantitative estimate of drug-likeness (QED) is 0.702. The third-order valence-corrected chi connectivity index (χ3v) is 3.31. The summed E-state index contributed by atoms with van der Waals surface area (Å²) in [5.74, 6) is 0.154. The van der Waals surface area contributed by atoms with Crippen LogP contribution >= 0.6 is 23.6 Å². The van der Waals surface area contributed by atoms with E-state index in [0.29, 0.717) is 11.3 Å².